The number of imide groups is 1. The van der Waals surface area contributed by atoms with E-state index in [0.717, 1.165) is 11.6 Å². The highest BCUT2D eigenvalue weighted by atomic mass is 32.2. The minimum atomic E-state index is -4.56. The van der Waals surface area contributed by atoms with Gasteiger partial charge < -0.3 is 14.2 Å². The number of nitrogens with zero attached hydrogens (tertiary/aromatic N) is 2. The number of urea groups is 1. The number of amides is 3. The quantitative estimate of drug-likeness (QED) is 0.308. The van der Waals surface area contributed by atoms with Crippen LogP contribution in [0.2, 0.25) is 0 Å². The molecule has 14 heteroatoms. The molecular formula is C21H25F3N4O6S. The number of benzene rings is 1. The average molecular weight is 519 g/mol. The number of halogens is 3. The predicted molar refractivity (Wildman–Crippen MR) is 117 cm³/mol. The zero-order valence-corrected chi connectivity index (χ0v) is 19.4. The maximum atomic E-state index is 12.7. The lowest BCUT2D eigenvalue weighted by Crippen LogP contribution is -2.32. The summed E-state index contributed by atoms with van der Waals surface area (Å²) in [7, 11) is -3.79. The molecule has 0 saturated carbocycles. The number of sulfonamides is 1. The summed E-state index contributed by atoms with van der Waals surface area (Å²) in [5, 5.41) is 5.87. The van der Waals surface area contributed by atoms with E-state index in [1.165, 1.54) is 4.90 Å². The van der Waals surface area contributed by atoms with Crippen LogP contribution < -0.4 is 14.8 Å². The molecule has 1 aliphatic heterocycles. The molecule has 3 amide bonds. The Balaban J connectivity index is 1.57. The van der Waals surface area contributed by atoms with Crippen LogP contribution in [0.15, 0.2) is 40.9 Å². The van der Waals surface area contributed by atoms with E-state index >= 15 is 0 Å². The van der Waals surface area contributed by atoms with Crippen molar-refractivity contribution in [3.05, 3.63) is 47.7 Å². The molecular weight excluding hydrogens is 493 g/mol. The van der Waals surface area contributed by atoms with Crippen molar-refractivity contribution in [2.45, 2.75) is 37.9 Å². The van der Waals surface area contributed by atoms with Crippen molar-refractivity contribution < 1.29 is 40.4 Å². The van der Waals surface area contributed by atoms with Gasteiger partial charge in [0.05, 0.1) is 11.8 Å². The number of alkyl halides is 3. The maximum Gasteiger partial charge on any atom is 0.422 e. The fourth-order valence-electron chi connectivity index (χ4n) is 3.42. The number of carbonyl (C=O) groups excluding carboxylic acids is 2. The number of nitrogens with one attached hydrogen (secondary N) is 2. The zero-order chi connectivity index (χ0) is 25.5. The summed E-state index contributed by atoms with van der Waals surface area (Å²) in [5.41, 5.74) is 0.860. The normalized spacial score (nSPS) is 15.3. The lowest BCUT2D eigenvalue weighted by molar-refractivity contribution is -0.156. The molecule has 1 aliphatic rings. The highest BCUT2D eigenvalue weighted by molar-refractivity contribution is 7.89. The third-order valence-corrected chi connectivity index (χ3v) is 6.53. The summed E-state index contributed by atoms with van der Waals surface area (Å²) in [5.74, 6) is -1.05. The molecule has 1 fully saturated rings. The largest absolute Gasteiger partial charge is 0.454 e. The molecule has 0 radical (unpaired) electrons. The Kier molecular flexibility index (Phi) is 8.72. The maximum absolute atomic E-state index is 12.7. The fraction of sp³-hybridized carbons (Fsp3) is 0.476. The first-order valence-corrected chi connectivity index (χ1v) is 12.4. The van der Waals surface area contributed by atoms with Crippen LogP contribution in [0.5, 0.6) is 5.95 Å². The molecule has 1 atom stereocenters. The molecule has 1 aromatic heterocycles. The number of hydrogen-bond acceptors (Lipinski definition) is 7. The number of aromatic nitrogens is 1. The van der Waals surface area contributed by atoms with E-state index in [2.05, 4.69) is 19.9 Å². The fourth-order valence-corrected chi connectivity index (χ4v) is 4.76. The lowest BCUT2D eigenvalue weighted by atomic mass is 10.0. The average Bonchev–Trinajstić information content (AvgIpc) is 3.37. The van der Waals surface area contributed by atoms with Crippen molar-refractivity contribution in [3.63, 3.8) is 0 Å². The first kappa shape index (κ1) is 26.5. The highest BCUT2D eigenvalue weighted by Crippen LogP contribution is 2.25. The molecule has 0 bridgehead atoms. The predicted octanol–water partition coefficient (Wildman–Crippen LogP) is 2.54. The molecule has 1 saturated heterocycles. The summed E-state index contributed by atoms with van der Waals surface area (Å²) in [6, 6.07) is 8.68. The van der Waals surface area contributed by atoms with Crippen LogP contribution in [-0.2, 0) is 21.2 Å². The minimum absolute atomic E-state index is 0.00771. The van der Waals surface area contributed by atoms with Gasteiger partial charge in [-0.1, -0.05) is 41.9 Å². The Morgan fingerprint density at radius 1 is 1.17 bits per heavy atom. The summed E-state index contributed by atoms with van der Waals surface area (Å²) in [6.07, 6.45) is -3.06. The Bertz CT molecular complexity index is 1110. The van der Waals surface area contributed by atoms with Gasteiger partial charge in [-0.05, 0) is 24.8 Å². The van der Waals surface area contributed by atoms with Crippen LogP contribution in [0.1, 0.15) is 36.6 Å². The Hall–Kier alpha value is -3.13. The van der Waals surface area contributed by atoms with E-state index in [0.29, 0.717) is 25.8 Å². The summed E-state index contributed by atoms with van der Waals surface area (Å²) >= 11 is 0. The van der Waals surface area contributed by atoms with Crippen LogP contribution in [0, 0.1) is 0 Å². The van der Waals surface area contributed by atoms with Crippen molar-refractivity contribution in [2.24, 2.45) is 0 Å². The van der Waals surface area contributed by atoms with Crippen LogP contribution in [0.25, 0.3) is 0 Å². The van der Waals surface area contributed by atoms with Crippen molar-refractivity contribution in [3.8, 4) is 5.95 Å². The van der Waals surface area contributed by atoms with Crippen LogP contribution >= 0.6 is 0 Å². The molecule has 0 spiro atoms. The van der Waals surface area contributed by atoms with Crippen molar-refractivity contribution in [1.29, 1.82) is 0 Å². The van der Waals surface area contributed by atoms with Gasteiger partial charge in [0.15, 0.2) is 6.61 Å². The second-order valence-corrected chi connectivity index (χ2v) is 9.86. The third kappa shape index (κ3) is 8.87. The number of carbonyl (C=O) groups is 2. The second kappa shape index (κ2) is 11.5. The minimum Gasteiger partial charge on any atom is -0.454 e. The van der Waals surface area contributed by atoms with Gasteiger partial charge in [0.1, 0.15) is 12.2 Å². The molecule has 10 nitrogen and oxygen atoms in total. The van der Waals surface area contributed by atoms with E-state index in [1.54, 1.807) is 30.3 Å². The Labute approximate surface area is 199 Å². The molecule has 192 valence electrons. The monoisotopic (exact) mass is 518 g/mol. The molecule has 2 aromatic rings. The van der Waals surface area contributed by atoms with Crippen molar-refractivity contribution >= 4 is 22.0 Å². The van der Waals surface area contributed by atoms with Gasteiger partial charge in [-0.3, -0.25) is 10.1 Å². The number of hydrogen-bond donors (Lipinski definition) is 2. The first-order valence-electron chi connectivity index (χ1n) is 10.8. The van der Waals surface area contributed by atoms with Crippen LogP contribution in [0.3, 0.4) is 0 Å². The van der Waals surface area contributed by atoms with E-state index in [9.17, 15) is 31.2 Å². The molecule has 2 N–H and O–H groups in total. The molecule has 1 aromatic carbocycles. The molecule has 2 heterocycles. The molecule has 0 aliphatic carbocycles. The van der Waals surface area contributed by atoms with Crippen molar-refractivity contribution in [1.82, 2.24) is 20.1 Å². The zero-order valence-electron chi connectivity index (χ0n) is 18.6. The highest BCUT2D eigenvalue weighted by Gasteiger charge is 2.30. The van der Waals surface area contributed by atoms with E-state index in [1.807, 2.05) is 0 Å². The van der Waals surface area contributed by atoms with E-state index in [-0.39, 0.29) is 30.3 Å². The Morgan fingerprint density at radius 3 is 2.57 bits per heavy atom. The molecule has 3 rings (SSSR count). The van der Waals surface area contributed by atoms with Gasteiger partial charge in [-0.25, -0.2) is 17.9 Å². The summed E-state index contributed by atoms with van der Waals surface area (Å²) in [4.78, 5) is 24.1. The van der Waals surface area contributed by atoms with Crippen LogP contribution in [-0.4, -0.2) is 62.0 Å². The number of unbranched alkanes of at least 4 members (excludes halogenated alkanes) is 2. The van der Waals surface area contributed by atoms with E-state index in [4.69, 9.17) is 4.52 Å². The molecule has 1 unspecified atom stereocenters. The molecule has 35 heavy (non-hydrogen) atoms. The van der Waals surface area contributed by atoms with Gasteiger partial charge in [-0.2, -0.15) is 13.2 Å². The van der Waals surface area contributed by atoms with Gasteiger partial charge >= 0.3 is 18.2 Å². The van der Waals surface area contributed by atoms with Gasteiger partial charge in [0.2, 0.25) is 15.9 Å². The summed E-state index contributed by atoms with van der Waals surface area (Å²) < 4.78 is 74.5. The standard InChI is InChI=1S/C21H25F3N4O6S/c22-21(23,24)14-33-19-12-16(26-34-19)17(11-15-7-3-1-4-8-15)27-35(31,32)10-6-2-5-9-28-13-18(29)25-20(28)30/h1,3-4,7-8,12,17,27H,2,5-6,9-11,13-14H2,(H,25,29,30). The van der Waals surface area contributed by atoms with E-state index < -0.39 is 40.8 Å². The number of ether oxygens (including phenoxy) is 1. The smallest absolute Gasteiger partial charge is 0.422 e. The van der Waals surface area contributed by atoms with Gasteiger partial charge in [-0.15, -0.1) is 0 Å². The van der Waals surface area contributed by atoms with Gasteiger partial charge in [0, 0.05) is 12.6 Å². The van der Waals surface area contributed by atoms with Crippen molar-refractivity contribution in [2.75, 3.05) is 25.4 Å². The lowest BCUT2D eigenvalue weighted by Gasteiger charge is -2.17. The first-order chi connectivity index (χ1) is 16.5. The van der Waals surface area contributed by atoms with Gasteiger partial charge in [0.25, 0.3) is 0 Å². The Morgan fingerprint density at radius 2 is 1.91 bits per heavy atom. The number of rotatable bonds is 13. The second-order valence-electron chi connectivity index (χ2n) is 7.99. The SMILES string of the molecule is O=C1CN(CCCCCS(=O)(=O)NC(Cc2ccccc2)c2cc(OCC(F)(F)F)on2)C(=O)N1. The third-order valence-electron chi connectivity index (χ3n) is 5.06. The summed E-state index contributed by atoms with van der Waals surface area (Å²) in [6.45, 7) is -1.24. The van der Waals surface area contributed by atoms with Crippen LogP contribution in [0.4, 0.5) is 18.0 Å². The topological polar surface area (TPSA) is 131 Å².